The van der Waals surface area contributed by atoms with Gasteiger partial charge in [-0.05, 0) is 26.2 Å². The molecule has 4 N–H and O–H groups in total. The Morgan fingerprint density at radius 1 is 1.32 bits per heavy atom. The predicted molar refractivity (Wildman–Crippen MR) is 60.2 cm³/mol. The first-order valence-corrected chi connectivity index (χ1v) is 5.95. The summed E-state index contributed by atoms with van der Waals surface area (Å²) >= 11 is 0. The smallest absolute Gasteiger partial charge is 0.422 e. The van der Waals surface area contributed by atoms with Gasteiger partial charge < -0.3 is 16.2 Å². The molecule has 5 nitrogen and oxygen atoms in total. The summed E-state index contributed by atoms with van der Waals surface area (Å²) in [6.45, 7) is 0.440. The normalized spacial score (nSPS) is 27.4. The molecule has 0 radical (unpaired) electrons. The van der Waals surface area contributed by atoms with Crippen LogP contribution in [0, 0.1) is 5.92 Å². The van der Waals surface area contributed by atoms with Gasteiger partial charge in [0.2, 0.25) is 11.4 Å². The lowest BCUT2D eigenvalue weighted by Gasteiger charge is -2.32. The number of carboxylic acids is 1. The van der Waals surface area contributed by atoms with Crippen molar-refractivity contribution in [3.8, 4) is 0 Å². The summed E-state index contributed by atoms with van der Waals surface area (Å²) in [5.74, 6) is -3.70. The third kappa shape index (κ3) is 3.37. The molecule has 0 aromatic carbocycles. The van der Waals surface area contributed by atoms with E-state index in [1.165, 1.54) is 0 Å². The van der Waals surface area contributed by atoms with Crippen molar-refractivity contribution in [2.24, 2.45) is 11.7 Å². The third-order valence-electron chi connectivity index (χ3n) is 3.45. The fraction of sp³-hybridized carbons (Fsp3) is 0.818. The maximum absolute atomic E-state index is 12.7. The van der Waals surface area contributed by atoms with E-state index in [0.29, 0.717) is 19.8 Å². The van der Waals surface area contributed by atoms with Crippen LogP contribution >= 0.6 is 0 Å². The molecule has 1 aliphatic rings. The van der Waals surface area contributed by atoms with E-state index in [2.05, 4.69) is 0 Å². The van der Waals surface area contributed by atoms with Gasteiger partial charge in [-0.25, -0.2) is 4.79 Å². The number of carbonyl (C=O) groups is 2. The minimum Gasteiger partial charge on any atom is -0.479 e. The van der Waals surface area contributed by atoms with Gasteiger partial charge in [0.1, 0.15) is 0 Å². The fourth-order valence-corrected chi connectivity index (χ4v) is 2.06. The highest BCUT2D eigenvalue weighted by Crippen LogP contribution is 2.32. The van der Waals surface area contributed by atoms with Gasteiger partial charge in [-0.15, -0.1) is 0 Å². The molecule has 0 aromatic heterocycles. The van der Waals surface area contributed by atoms with Crippen LogP contribution in [0.25, 0.3) is 0 Å². The highest BCUT2D eigenvalue weighted by Gasteiger charge is 2.58. The summed E-state index contributed by atoms with van der Waals surface area (Å²) in [7, 11) is 0. The zero-order valence-corrected chi connectivity index (χ0v) is 10.5. The molecule has 1 aliphatic carbocycles. The molecule has 1 amide bonds. The van der Waals surface area contributed by atoms with Crippen molar-refractivity contribution in [3.63, 3.8) is 0 Å². The molecule has 19 heavy (non-hydrogen) atoms. The number of aliphatic carboxylic acids is 1. The van der Waals surface area contributed by atoms with Gasteiger partial charge in [-0.1, -0.05) is 6.42 Å². The van der Waals surface area contributed by atoms with Crippen molar-refractivity contribution in [2.45, 2.75) is 50.4 Å². The molecule has 110 valence electrons. The number of nitrogens with two attached hydrogens (primary N) is 1. The Kier molecular flexibility index (Phi) is 4.44. The van der Waals surface area contributed by atoms with Crippen molar-refractivity contribution in [3.05, 3.63) is 0 Å². The van der Waals surface area contributed by atoms with E-state index >= 15 is 0 Å². The molecule has 0 bridgehead atoms. The van der Waals surface area contributed by atoms with E-state index in [1.54, 1.807) is 5.32 Å². The van der Waals surface area contributed by atoms with Crippen molar-refractivity contribution in [1.82, 2.24) is 5.32 Å². The number of hydrogen-bond donors (Lipinski definition) is 3. The van der Waals surface area contributed by atoms with Gasteiger partial charge in [-0.3, -0.25) is 4.79 Å². The van der Waals surface area contributed by atoms with Crippen LogP contribution in [0.3, 0.4) is 0 Å². The average Bonchev–Trinajstić information content (AvgIpc) is 2.27. The fourth-order valence-electron chi connectivity index (χ4n) is 2.06. The first kappa shape index (κ1) is 15.7. The topological polar surface area (TPSA) is 92.4 Å². The molecule has 3 unspecified atom stereocenters. The van der Waals surface area contributed by atoms with Crippen LogP contribution in [0.2, 0.25) is 0 Å². The standard InChI is InChI=1S/C11H17F3N2O3/c1-10(9(18)19,11(12,13)14)16-8(17)6-3-2-4-7(15)5-6/h6-7H,2-5,15H2,1H3,(H,16,17)(H,18,19). The quantitative estimate of drug-likeness (QED) is 0.720. The number of alkyl halides is 3. The van der Waals surface area contributed by atoms with Crippen molar-refractivity contribution in [2.75, 3.05) is 0 Å². The van der Waals surface area contributed by atoms with E-state index in [1.807, 2.05) is 0 Å². The minimum atomic E-state index is -5.06. The van der Waals surface area contributed by atoms with Crippen LogP contribution in [0.15, 0.2) is 0 Å². The number of rotatable bonds is 3. The van der Waals surface area contributed by atoms with E-state index in [9.17, 15) is 22.8 Å². The highest BCUT2D eigenvalue weighted by atomic mass is 19.4. The number of carboxylic acid groups (broad SMARTS) is 1. The molecule has 3 atom stereocenters. The van der Waals surface area contributed by atoms with Crippen molar-refractivity contribution >= 4 is 11.9 Å². The number of amides is 1. The molecule has 1 saturated carbocycles. The molecule has 0 heterocycles. The van der Waals surface area contributed by atoms with Crippen LogP contribution < -0.4 is 11.1 Å². The number of halogens is 3. The molecule has 0 saturated heterocycles. The molecular weight excluding hydrogens is 265 g/mol. The second kappa shape index (κ2) is 5.36. The zero-order valence-electron chi connectivity index (χ0n) is 10.5. The first-order valence-electron chi connectivity index (χ1n) is 5.95. The number of carbonyl (C=O) groups excluding carboxylic acids is 1. The highest BCUT2D eigenvalue weighted by molar-refractivity contribution is 5.88. The van der Waals surface area contributed by atoms with E-state index in [-0.39, 0.29) is 12.5 Å². The minimum absolute atomic E-state index is 0.230. The number of hydrogen-bond acceptors (Lipinski definition) is 3. The van der Waals surface area contributed by atoms with E-state index in [4.69, 9.17) is 10.8 Å². The van der Waals surface area contributed by atoms with Crippen molar-refractivity contribution in [1.29, 1.82) is 0 Å². The van der Waals surface area contributed by atoms with Crippen LogP contribution in [0.4, 0.5) is 13.2 Å². The van der Waals surface area contributed by atoms with Crippen molar-refractivity contribution < 1.29 is 27.9 Å². The van der Waals surface area contributed by atoms with Gasteiger partial charge >= 0.3 is 12.1 Å². The molecule has 0 aromatic rings. The molecule has 0 aliphatic heterocycles. The Morgan fingerprint density at radius 2 is 1.89 bits per heavy atom. The average molecular weight is 282 g/mol. The van der Waals surface area contributed by atoms with Gasteiger partial charge in [0, 0.05) is 12.0 Å². The van der Waals surface area contributed by atoms with Gasteiger partial charge in [0.15, 0.2) is 0 Å². The maximum Gasteiger partial charge on any atom is 0.422 e. The summed E-state index contributed by atoms with van der Waals surface area (Å²) in [6.07, 6.45) is -2.99. The summed E-state index contributed by atoms with van der Waals surface area (Å²) in [5, 5.41) is 10.3. The Morgan fingerprint density at radius 3 is 2.32 bits per heavy atom. The molecular formula is C11H17F3N2O3. The second-order valence-electron chi connectivity index (χ2n) is 5.04. The Bertz CT molecular complexity index is 373. The zero-order chi connectivity index (χ0) is 14.8. The summed E-state index contributed by atoms with van der Waals surface area (Å²) in [4.78, 5) is 22.6. The number of nitrogens with one attached hydrogen (secondary N) is 1. The molecule has 0 spiro atoms. The van der Waals surface area contributed by atoms with Gasteiger partial charge in [0.05, 0.1) is 0 Å². The monoisotopic (exact) mass is 282 g/mol. The van der Waals surface area contributed by atoms with E-state index in [0.717, 1.165) is 6.42 Å². The largest absolute Gasteiger partial charge is 0.479 e. The lowest BCUT2D eigenvalue weighted by atomic mass is 9.85. The Labute approximate surface area is 108 Å². The SMILES string of the molecule is CC(NC(=O)C1CCCC(N)C1)(C(=O)O)C(F)(F)F. The van der Waals surface area contributed by atoms with Crippen LogP contribution in [-0.4, -0.2) is 34.7 Å². The predicted octanol–water partition coefficient (Wildman–Crippen LogP) is 1.03. The Hall–Kier alpha value is -1.31. The molecule has 1 fully saturated rings. The van der Waals surface area contributed by atoms with Crippen LogP contribution in [0.1, 0.15) is 32.6 Å². The van der Waals surface area contributed by atoms with Gasteiger partial charge in [0.25, 0.3) is 0 Å². The first-order chi connectivity index (χ1) is 8.58. The third-order valence-corrected chi connectivity index (χ3v) is 3.45. The molecule has 1 rings (SSSR count). The Balaban J connectivity index is 2.80. The summed E-state index contributed by atoms with van der Waals surface area (Å²) in [5.41, 5.74) is 2.38. The lowest BCUT2D eigenvalue weighted by Crippen LogP contribution is -2.63. The maximum atomic E-state index is 12.7. The summed E-state index contributed by atoms with van der Waals surface area (Å²) < 4.78 is 38.2. The van der Waals surface area contributed by atoms with Gasteiger partial charge in [-0.2, -0.15) is 13.2 Å². The van der Waals surface area contributed by atoms with E-state index < -0.39 is 29.5 Å². The summed E-state index contributed by atoms with van der Waals surface area (Å²) in [6, 6.07) is -0.230. The van der Waals surface area contributed by atoms with Crippen LogP contribution in [0.5, 0.6) is 0 Å². The second-order valence-corrected chi connectivity index (χ2v) is 5.04. The lowest BCUT2D eigenvalue weighted by molar-refractivity contribution is -0.207. The molecule has 8 heteroatoms. The van der Waals surface area contributed by atoms with Crippen LogP contribution in [-0.2, 0) is 9.59 Å².